The predicted molar refractivity (Wildman–Crippen MR) is 154 cm³/mol. The van der Waals surface area contributed by atoms with Gasteiger partial charge < -0.3 is 0 Å². The second-order valence-corrected chi connectivity index (χ2v) is 76.6. The summed E-state index contributed by atoms with van der Waals surface area (Å²) in [6.07, 6.45) is 8.12. The summed E-state index contributed by atoms with van der Waals surface area (Å²) in [5.74, 6) is 0. The topological polar surface area (TPSA) is 15.8 Å². The maximum absolute atomic E-state index is 6.37. The number of para-hydroxylation sites is 1. The molecule has 0 saturated carbocycles. The molecule has 1 aromatic heterocycles. The molecule has 32 heavy (non-hydrogen) atoms. The third-order valence-electron chi connectivity index (χ3n) is 17.8. The van der Waals surface area contributed by atoms with Crippen LogP contribution in [0, 0.1) is 0 Å². The third kappa shape index (κ3) is 1.63. The smallest absolute Gasteiger partial charge is 0.147 e. The van der Waals surface area contributed by atoms with Gasteiger partial charge in [0, 0.05) is 0 Å². The Morgan fingerprint density at radius 3 is 1.72 bits per heavy atom. The van der Waals surface area contributed by atoms with Crippen molar-refractivity contribution in [3.05, 3.63) is 51.8 Å². The summed E-state index contributed by atoms with van der Waals surface area (Å²) < 4.78 is 15.4. The number of benzene rings is 1. The fourth-order valence-electron chi connectivity index (χ4n) is 8.60. The molecule has 1 nitrogen and oxygen atoms in total. The number of H-pyrrole nitrogens is 1. The van der Waals surface area contributed by atoms with Crippen molar-refractivity contribution in [2.24, 2.45) is 0 Å². The third-order valence-corrected chi connectivity index (χ3v) is 95.8. The minimum Gasteiger partial charge on any atom is -0.147 e. The van der Waals surface area contributed by atoms with Crippen molar-refractivity contribution in [3.63, 3.8) is 0 Å². The van der Waals surface area contributed by atoms with Crippen LogP contribution >= 0.6 is 24.8 Å². The van der Waals surface area contributed by atoms with E-state index in [1.807, 2.05) is 0 Å². The van der Waals surface area contributed by atoms with E-state index in [0.29, 0.717) is 0 Å². The summed E-state index contributed by atoms with van der Waals surface area (Å²) in [4.78, 5) is 4.09. The molecule has 0 aliphatic heterocycles. The van der Waals surface area contributed by atoms with Crippen molar-refractivity contribution in [1.82, 2.24) is 4.98 Å². The molecule has 1 N–H and O–H groups in total. The normalized spacial score (nSPS) is 21.4. The van der Waals surface area contributed by atoms with Crippen LogP contribution in [0.5, 0.6) is 0 Å². The molecule has 1 aliphatic carbocycles. The van der Waals surface area contributed by atoms with Gasteiger partial charge in [0.25, 0.3) is 0 Å². The van der Waals surface area contributed by atoms with Crippen molar-refractivity contribution in [1.29, 1.82) is 0 Å². The Kier molecular flexibility index (Phi) is 4.70. The Hall–Kier alpha value is -0.427. The average Bonchev–Trinajstić information content (AvgIpc) is 3.24. The fourth-order valence-corrected chi connectivity index (χ4v) is 44.6. The molecule has 2 aromatic rings. The van der Waals surface area contributed by atoms with E-state index in [2.05, 4.69) is 127 Å². The Labute approximate surface area is 196 Å². The molecule has 0 unspecified atom stereocenters. The summed E-state index contributed by atoms with van der Waals surface area (Å²) in [6.45, 7) is 20.0. The van der Waals surface area contributed by atoms with Gasteiger partial charge in [0.15, 0.2) is 0 Å². The van der Waals surface area contributed by atoms with Gasteiger partial charge in [0.05, 0.1) is 0 Å². The van der Waals surface area contributed by atoms with Crippen LogP contribution in [0.4, 0.5) is 0 Å². The minimum atomic E-state index is -6.37. The summed E-state index contributed by atoms with van der Waals surface area (Å²) in [6, 6.07) is 11.3. The molecule has 184 valence electrons. The van der Waals surface area contributed by atoms with Gasteiger partial charge >= 0.3 is 173 Å². The Balaban J connectivity index is 0.00000256. The van der Waals surface area contributed by atoms with Crippen LogP contribution in [-0.4, -0.2) is 8.19 Å². The molecule has 0 radical (unpaired) electrons. The molecule has 0 spiro atoms. The summed E-state index contributed by atoms with van der Waals surface area (Å²) in [5, 5.41) is 1.29. The predicted octanol–water partition coefficient (Wildman–Crippen LogP) is 10.2. The number of nitrogens with one attached hydrogen (secondary N) is 1. The Bertz CT molecular complexity index is 1340. The molecular weight excluding hydrogens is 512 g/mol. The summed E-state index contributed by atoms with van der Waals surface area (Å²) >= 11 is -6.37. The number of rotatable bonds is 2. The van der Waals surface area contributed by atoms with E-state index in [-0.39, 0.29) is 31.1 Å². The van der Waals surface area contributed by atoms with Gasteiger partial charge in [-0.25, -0.2) is 0 Å². The molecule has 0 bridgehead atoms. The largest absolute Gasteiger partial charge is 0.147 e. The van der Waals surface area contributed by atoms with Crippen LogP contribution in [0.3, 0.4) is 0 Å². The number of aromatic nitrogens is 1. The zero-order valence-corrected chi connectivity index (χ0v) is 26.7. The molecule has 1 aliphatic rings. The van der Waals surface area contributed by atoms with E-state index in [9.17, 15) is 0 Å². The van der Waals surface area contributed by atoms with E-state index >= 15 is 0 Å². The second kappa shape index (κ2) is 5.08. The van der Waals surface area contributed by atoms with Crippen molar-refractivity contribution in [3.8, 4) is 0 Å². The van der Waals surface area contributed by atoms with Crippen LogP contribution in [0.1, 0.15) is 61.8 Å². The van der Waals surface area contributed by atoms with Crippen LogP contribution in [0.25, 0.3) is 10.9 Å². The molecule has 1 heterocycles. The molecule has 0 saturated heterocycles. The first-order valence-corrected chi connectivity index (χ1v) is 27.8. The van der Waals surface area contributed by atoms with E-state index < -0.39 is 12.4 Å². The summed E-state index contributed by atoms with van der Waals surface area (Å²) in [7, 11) is 0. The van der Waals surface area contributed by atoms with Crippen molar-refractivity contribution in [2.45, 2.75) is 86.6 Å². The zero-order valence-electron chi connectivity index (χ0n) is 22.6. The fraction of sp³-hybridized carbons (Fsp3) is 0.536. The van der Waals surface area contributed by atoms with Gasteiger partial charge in [-0.05, 0) is 0 Å². The molecule has 1 aromatic carbocycles. The van der Waals surface area contributed by atoms with E-state index in [1.165, 1.54) is 14.3 Å². The van der Waals surface area contributed by atoms with Gasteiger partial charge in [0.1, 0.15) is 0 Å². The standard InChI is InChI=1S/C8H6N.C5H5.2C4H9.C3H6.4CH3.2ClH.Zr/c1-2-4-8-7(3-1)5-6-9-8;1-2-4-5-3-1;2*1-4(2)3;1-3-2;;;;;;;/h1-5,9H;1-3H,4H2;2*1-3H3;1-2H3;4*1H3;2*1H;. The number of hydrogen-bond acceptors (Lipinski definition) is 0. The Morgan fingerprint density at radius 1 is 0.844 bits per heavy atom. The van der Waals surface area contributed by atoms with Crippen molar-refractivity contribution in [2.75, 3.05) is 0 Å². The van der Waals surface area contributed by atoms with Crippen LogP contribution in [0.15, 0.2) is 51.8 Å². The first-order valence-electron chi connectivity index (χ1n) is 11.9. The maximum atomic E-state index is 4.09. The van der Waals surface area contributed by atoms with Gasteiger partial charge in [-0.3, -0.25) is 0 Å². The number of aromatic amines is 1. The molecule has 0 fully saturated rings. The number of hydrogen-bond donors (Lipinski definition) is 1. The van der Waals surface area contributed by atoms with Gasteiger partial charge in [-0.2, -0.15) is 0 Å². The van der Waals surface area contributed by atoms with E-state index in [0.717, 1.165) is 6.42 Å². The number of halogens is 2. The molecule has 0 atom stereocenters. The first-order chi connectivity index (χ1) is 13.0. The monoisotopic (exact) mass is 559 g/mol. The van der Waals surface area contributed by atoms with Gasteiger partial charge in [-0.1, -0.05) is 0 Å². The second-order valence-electron chi connectivity index (χ2n) is 18.3. The average molecular weight is 562 g/mol. The Morgan fingerprint density at radius 2 is 1.34 bits per heavy atom. The maximum Gasteiger partial charge on any atom is -0.147 e. The molecule has 4 heteroatoms. The molecule has 0 amide bonds. The quantitative estimate of drug-likeness (QED) is 0.375. The number of fused-ring (bicyclic) bond motifs is 1. The van der Waals surface area contributed by atoms with Crippen LogP contribution in [0.2, 0.25) is 24.8 Å². The molecule has 3 rings (SSSR count). The first kappa shape index (κ1) is 29.6. The zero-order chi connectivity index (χ0) is 23.3. The van der Waals surface area contributed by atoms with E-state index in [4.69, 9.17) is 0 Å². The van der Waals surface area contributed by atoms with Crippen LogP contribution < -0.4 is 3.40 Å². The molecular formula is C28H49Cl2NZr. The van der Waals surface area contributed by atoms with Gasteiger partial charge in [0.2, 0.25) is 0 Å². The number of allylic oxidation sites excluding steroid dienone is 4. The van der Waals surface area contributed by atoms with Gasteiger partial charge in [-0.15, -0.1) is 24.8 Å². The summed E-state index contributed by atoms with van der Waals surface area (Å²) in [5.41, 5.74) is 1.22. The van der Waals surface area contributed by atoms with E-state index in [1.54, 1.807) is 6.49 Å². The minimum absolute atomic E-state index is 0. The SMILES string of the molecule is C[C](C)=[Zr]([CH3])([CH3])([CH3])([CH3])([C]1=CC=CC1)([c]1cc2ccccc2[nH]1)([C](C)(C)C)[C](C)(C)C.Cl.Cl. The van der Waals surface area contributed by atoms with Crippen molar-refractivity contribution >= 4 is 42.3 Å². The van der Waals surface area contributed by atoms with Crippen LogP contribution in [-0.2, 0) is 12.4 Å². The van der Waals surface area contributed by atoms with Crippen molar-refractivity contribution < 1.29 is 12.4 Å².